The molecule has 2 rings (SSSR count). The van der Waals surface area contributed by atoms with Crippen LogP contribution in [-0.4, -0.2) is 4.98 Å². The van der Waals surface area contributed by atoms with Crippen LogP contribution in [-0.2, 0) is 5.41 Å². The average molecular weight is 239 g/mol. The zero-order valence-corrected chi connectivity index (χ0v) is 11.9. The van der Waals surface area contributed by atoms with Crippen LogP contribution in [0.1, 0.15) is 37.7 Å². The third kappa shape index (κ3) is 2.45. The number of benzene rings is 1. The van der Waals surface area contributed by atoms with E-state index in [-0.39, 0.29) is 5.41 Å². The fourth-order valence-corrected chi connectivity index (χ4v) is 2.26. The van der Waals surface area contributed by atoms with Gasteiger partial charge in [-0.2, -0.15) is 0 Å². The molecule has 1 heteroatoms. The Morgan fingerprint density at radius 3 is 2.06 bits per heavy atom. The number of hydrogen-bond acceptors (Lipinski definition) is 1. The summed E-state index contributed by atoms with van der Waals surface area (Å²) in [5.74, 6) is 0. The van der Waals surface area contributed by atoms with Crippen molar-refractivity contribution in [3.05, 3.63) is 53.3 Å². The van der Waals surface area contributed by atoms with Crippen LogP contribution in [0.25, 0.3) is 11.1 Å². The molecule has 0 saturated heterocycles. The molecule has 0 radical (unpaired) electrons. The van der Waals surface area contributed by atoms with Gasteiger partial charge in [-0.1, -0.05) is 51.1 Å². The van der Waals surface area contributed by atoms with Gasteiger partial charge in [0.2, 0.25) is 0 Å². The largest absolute Gasteiger partial charge is 0.257 e. The van der Waals surface area contributed by atoms with E-state index in [0.29, 0.717) is 0 Å². The van der Waals surface area contributed by atoms with Crippen molar-refractivity contribution in [1.82, 2.24) is 4.98 Å². The molecule has 2 aromatic rings. The first-order valence-electron chi connectivity index (χ1n) is 6.44. The molecule has 0 aliphatic heterocycles. The molecule has 0 bridgehead atoms. The van der Waals surface area contributed by atoms with Crippen LogP contribution in [0.5, 0.6) is 0 Å². The molecule has 0 saturated carbocycles. The SMILES string of the molecule is Cc1cc(C(C)(C)C)nc(C)c1-c1ccccc1. The fourth-order valence-electron chi connectivity index (χ4n) is 2.26. The summed E-state index contributed by atoms with van der Waals surface area (Å²) in [6.45, 7) is 10.9. The zero-order chi connectivity index (χ0) is 13.3. The molecule has 18 heavy (non-hydrogen) atoms. The minimum Gasteiger partial charge on any atom is -0.257 e. The highest BCUT2D eigenvalue weighted by molar-refractivity contribution is 5.69. The Morgan fingerprint density at radius 2 is 1.56 bits per heavy atom. The van der Waals surface area contributed by atoms with E-state index < -0.39 is 0 Å². The lowest BCUT2D eigenvalue weighted by molar-refractivity contribution is 0.566. The molecule has 0 spiro atoms. The summed E-state index contributed by atoms with van der Waals surface area (Å²) in [6, 6.07) is 12.7. The van der Waals surface area contributed by atoms with Crippen molar-refractivity contribution in [3.63, 3.8) is 0 Å². The lowest BCUT2D eigenvalue weighted by Crippen LogP contribution is -2.15. The summed E-state index contributed by atoms with van der Waals surface area (Å²) in [6.07, 6.45) is 0. The number of aryl methyl sites for hydroxylation is 2. The van der Waals surface area contributed by atoms with Gasteiger partial charge in [0.05, 0.1) is 0 Å². The summed E-state index contributed by atoms with van der Waals surface area (Å²) in [4.78, 5) is 4.78. The molecule has 1 aromatic carbocycles. The Balaban J connectivity index is 2.59. The van der Waals surface area contributed by atoms with Crippen LogP contribution >= 0.6 is 0 Å². The Morgan fingerprint density at radius 1 is 0.944 bits per heavy atom. The van der Waals surface area contributed by atoms with Crippen LogP contribution in [0.15, 0.2) is 36.4 Å². The van der Waals surface area contributed by atoms with Gasteiger partial charge in [0.15, 0.2) is 0 Å². The number of aromatic nitrogens is 1. The summed E-state index contributed by atoms with van der Waals surface area (Å²) in [7, 11) is 0. The van der Waals surface area contributed by atoms with Crippen molar-refractivity contribution >= 4 is 0 Å². The molecule has 1 nitrogen and oxygen atoms in total. The van der Waals surface area contributed by atoms with Crippen LogP contribution in [0, 0.1) is 13.8 Å². The van der Waals surface area contributed by atoms with Crippen molar-refractivity contribution in [3.8, 4) is 11.1 Å². The average Bonchev–Trinajstić information content (AvgIpc) is 2.28. The van der Waals surface area contributed by atoms with Gasteiger partial charge in [-0.05, 0) is 31.0 Å². The number of hydrogen-bond donors (Lipinski definition) is 0. The highest BCUT2D eigenvalue weighted by atomic mass is 14.7. The van der Waals surface area contributed by atoms with Crippen molar-refractivity contribution < 1.29 is 0 Å². The van der Waals surface area contributed by atoms with E-state index in [9.17, 15) is 0 Å². The van der Waals surface area contributed by atoms with E-state index in [1.807, 2.05) is 6.07 Å². The molecule has 0 N–H and O–H groups in total. The zero-order valence-electron chi connectivity index (χ0n) is 11.9. The van der Waals surface area contributed by atoms with Gasteiger partial charge in [0, 0.05) is 22.4 Å². The first-order chi connectivity index (χ1) is 8.39. The molecule has 0 fully saturated rings. The van der Waals surface area contributed by atoms with E-state index in [0.717, 1.165) is 11.4 Å². The first-order valence-corrected chi connectivity index (χ1v) is 6.44. The maximum Gasteiger partial charge on any atom is 0.0463 e. The van der Waals surface area contributed by atoms with E-state index in [2.05, 4.69) is 65.0 Å². The topological polar surface area (TPSA) is 12.9 Å². The third-order valence-corrected chi connectivity index (χ3v) is 3.23. The molecule has 1 heterocycles. The number of nitrogens with zero attached hydrogens (tertiary/aromatic N) is 1. The molecule has 0 atom stereocenters. The highest BCUT2D eigenvalue weighted by Crippen LogP contribution is 2.30. The van der Waals surface area contributed by atoms with Gasteiger partial charge < -0.3 is 0 Å². The second-order valence-electron chi connectivity index (χ2n) is 5.90. The summed E-state index contributed by atoms with van der Waals surface area (Å²) < 4.78 is 0. The third-order valence-electron chi connectivity index (χ3n) is 3.23. The standard InChI is InChI=1S/C17H21N/c1-12-11-15(17(3,4)5)18-13(2)16(12)14-9-7-6-8-10-14/h6-11H,1-5H3. The molecular weight excluding hydrogens is 218 g/mol. The Bertz CT molecular complexity index is 525. The van der Waals surface area contributed by atoms with Crippen LogP contribution in [0.4, 0.5) is 0 Å². The predicted molar refractivity (Wildman–Crippen MR) is 77.8 cm³/mol. The smallest absolute Gasteiger partial charge is 0.0463 e. The summed E-state index contributed by atoms with van der Waals surface area (Å²) in [5, 5.41) is 0. The number of rotatable bonds is 1. The van der Waals surface area contributed by atoms with Gasteiger partial charge in [-0.15, -0.1) is 0 Å². The predicted octanol–water partition coefficient (Wildman–Crippen LogP) is 4.66. The molecule has 94 valence electrons. The Hall–Kier alpha value is -1.63. The van der Waals surface area contributed by atoms with E-state index >= 15 is 0 Å². The first kappa shape index (κ1) is 12.8. The maximum absolute atomic E-state index is 4.78. The Labute approximate surface area is 110 Å². The van der Waals surface area contributed by atoms with E-state index in [4.69, 9.17) is 4.98 Å². The van der Waals surface area contributed by atoms with Crippen molar-refractivity contribution in [2.24, 2.45) is 0 Å². The second kappa shape index (κ2) is 4.56. The Kier molecular flexibility index (Phi) is 3.25. The lowest BCUT2D eigenvalue weighted by atomic mass is 9.88. The van der Waals surface area contributed by atoms with Gasteiger partial charge in [-0.25, -0.2) is 0 Å². The minimum atomic E-state index is 0.102. The molecule has 1 aromatic heterocycles. The maximum atomic E-state index is 4.78. The normalized spacial score (nSPS) is 11.6. The van der Waals surface area contributed by atoms with Gasteiger partial charge in [-0.3, -0.25) is 4.98 Å². The fraction of sp³-hybridized carbons (Fsp3) is 0.353. The minimum absolute atomic E-state index is 0.102. The van der Waals surface area contributed by atoms with E-state index in [1.165, 1.54) is 16.7 Å². The highest BCUT2D eigenvalue weighted by Gasteiger charge is 2.18. The number of pyridine rings is 1. The second-order valence-corrected chi connectivity index (χ2v) is 5.90. The monoisotopic (exact) mass is 239 g/mol. The van der Waals surface area contributed by atoms with Gasteiger partial charge in [0.1, 0.15) is 0 Å². The molecular formula is C17H21N. The summed E-state index contributed by atoms with van der Waals surface area (Å²) >= 11 is 0. The van der Waals surface area contributed by atoms with Crippen LogP contribution < -0.4 is 0 Å². The van der Waals surface area contributed by atoms with Crippen LogP contribution in [0.3, 0.4) is 0 Å². The lowest BCUT2D eigenvalue weighted by Gasteiger charge is -2.21. The molecule has 0 unspecified atom stereocenters. The van der Waals surface area contributed by atoms with Crippen LogP contribution in [0.2, 0.25) is 0 Å². The summed E-state index contributed by atoms with van der Waals surface area (Å²) in [5.41, 5.74) is 6.20. The van der Waals surface area contributed by atoms with E-state index in [1.54, 1.807) is 0 Å². The van der Waals surface area contributed by atoms with Crippen molar-refractivity contribution in [1.29, 1.82) is 0 Å². The molecule has 0 aliphatic rings. The quantitative estimate of drug-likeness (QED) is 0.705. The molecule has 0 aliphatic carbocycles. The van der Waals surface area contributed by atoms with Crippen molar-refractivity contribution in [2.75, 3.05) is 0 Å². The van der Waals surface area contributed by atoms with Gasteiger partial charge in [0.25, 0.3) is 0 Å². The molecule has 0 amide bonds. The van der Waals surface area contributed by atoms with Crippen molar-refractivity contribution in [2.45, 2.75) is 40.0 Å². The van der Waals surface area contributed by atoms with Gasteiger partial charge >= 0.3 is 0 Å².